The van der Waals surface area contributed by atoms with Crippen LogP contribution in [0.5, 0.6) is 5.75 Å². The predicted octanol–water partition coefficient (Wildman–Crippen LogP) is 1.70. The van der Waals surface area contributed by atoms with E-state index in [0.29, 0.717) is 43.3 Å². The van der Waals surface area contributed by atoms with Gasteiger partial charge in [0.15, 0.2) is 0 Å². The number of carbonyl (C=O) groups is 1. The van der Waals surface area contributed by atoms with Crippen molar-refractivity contribution in [1.29, 1.82) is 0 Å². The molecule has 2 heterocycles. The second-order valence-corrected chi connectivity index (χ2v) is 5.83. The largest absolute Gasteiger partial charge is 0.495 e. The number of carbonyl (C=O) groups excluding carboxylic acids is 1. The number of methoxy groups -OCH3 is 1. The van der Waals surface area contributed by atoms with Crippen LogP contribution >= 0.6 is 0 Å². The number of anilines is 1. The molecule has 0 saturated carbocycles. The highest BCUT2D eigenvalue weighted by atomic mass is 16.6. The third kappa shape index (κ3) is 4.15. The molecule has 0 spiro atoms. The van der Waals surface area contributed by atoms with Crippen LogP contribution in [0.1, 0.15) is 5.56 Å². The Morgan fingerprint density at radius 3 is 2.63 bits per heavy atom. The Bertz CT molecular complexity index is 911. The molecule has 3 rings (SSSR count). The minimum absolute atomic E-state index is 0.0340. The van der Waals surface area contributed by atoms with Crippen molar-refractivity contribution in [1.82, 2.24) is 9.88 Å². The van der Waals surface area contributed by atoms with Crippen molar-refractivity contribution in [3.8, 4) is 17.6 Å². The van der Waals surface area contributed by atoms with Gasteiger partial charge in [-0.15, -0.1) is 0 Å². The summed E-state index contributed by atoms with van der Waals surface area (Å²) in [6.45, 7) is 1.76. The molecule has 1 aliphatic rings. The first-order chi connectivity index (χ1) is 13.1. The van der Waals surface area contributed by atoms with E-state index < -0.39 is 4.92 Å². The van der Waals surface area contributed by atoms with Gasteiger partial charge in [0.1, 0.15) is 5.75 Å². The van der Waals surface area contributed by atoms with Crippen molar-refractivity contribution < 1.29 is 14.5 Å². The number of pyridine rings is 1. The molecule has 0 aliphatic carbocycles. The first-order valence-corrected chi connectivity index (χ1v) is 8.38. The van der Waals surface area contributed by atoms with Gasteiger partial charge in [-0.3, -0.25) is 14.9 Å². The van der Waals surface area contributed by atoms with Gasteiger partial charge in [-0.05, 0) is 18.2 Å². The average molecular weight is 366 g/mol. The number of amides is 1. The highest BCUT2D eigenvalue weighted by Crippen LogP contribution is 2.25. The summed E-state index contributed by atoms with van der Waals surface area (Å²) in [5, 5.41) is 11.2. The number of rotatable bonds is 3. The van der Waals surface area contributed by atoms with Crippen LogP contribution in [0.25, 0.3) is 0 Å². The Morgan fingerprint density at radius 1 is 1.19 bits per heavy atom. The first-order valence-electron chi connectivity index (χ1n) is 8.38. The topological polar surface area (TPSA) is 88.8 Å². The number of nitro groups is 1. The second-order valence-electron chi connectivity index (χ2n) is 5.83. The summed E-state index contributed by atoms with van der Waals surface area (Å²) in [7, 11) is 1.55. The molecule has 8 heteroatoms. The molecule has 0 N–H and O–H groups in total. The average Bonchev–Trinajstić information content (AvgIpc) is 2.72. The fourth-order valence-electron chi connectivity index (χ4n) is 2.84. The predicted molar refractivity (Wildman–Crippen MR) is 99.6 cm³/mol. The van der Waals surface area contributed by atoms with Crippen molar-refractivity contribution in [2.45, 2.75) is 0 Å². The monoisotopic (exact) mass is 366 g/mol. The van der Waals surface area contributed by atoms with Gasteiger partial charge in [0.2, 0.25) is 5.82 Å². The number of para-hydroxylation sites is 1. The number of benzene rings is 1. The van der Waals surface area contributed by atoms with E-state index in [1.165, 1.54) is 18.3 Å². The van der Waals surface area contributed by atoms with Crippen LogP contribution in [-0.2, 0) is 4.79 Å². The third-order valence-corrected chi connectivity index (χ3v) is 4.24. The number of ether oxygens (including phenoxy) is 1. The van der Waals surface area contributed by atoms with E-state index in [0.717, 1.165) is 0 Å². The zero-order valence-corrected chi connectivity index (χ0v) is 14.8. The maximum atomic E-state index is 12.4. The second kappa shape index (κ2) is 8.19. The van der Waals surface area contributed by atoms with Crippen molar-refractivity contribution in [3.63, 3.8) is 0 Å². The lowest BCUT2D eigenvalue weighted by Crippen LogP contribution is -2.48. The molecule has 2 aromatic rings. The van der Waals surface area contributed by atoms with Crippen molar-refractivity contribution in [2.75, 3.05) is 38.2 Å². The lowest BCUT2D eigenvalue weighted by molar-refractivity contribution is -0.384. The molecule has 27 heavy (non-hydrogen) atoms. The van der Waals surface area contributed by atoms with E-state index >= 15 is 0 Å². The number of hydrogen-bond donors (Lipinski definition) is 0. The summed E-state index contributed by atoms with van der Waals surface area (Å²) in [5.41, 5.74) is 0.615. The summed E-state index contributed by atoms with van der Waals surface area (Å²) < 4.78 is 5.22. The summed E-state index contributed by atoms with van der Waals surface area (Å²) in [6.07, 6.45) is 1.53. The van der Waals surface area contributed by atoms with Gasteiger partial charge in [0.05, 0.1) is 17.6 Å². The third-order valence-electron chi connectivity index (χ3n) is 4.24. The van der Waals surface area contributed by atoms with Crippen LogP contribution in [0.3, 0.4) is 0 Å². The van der Waals surface area contributed by atoms with Crippen LogP contribution < -0.4 is 9.64 Å². The van der Waals surface area contributed by atoms with Crippen LogP contribution in [-0.4, -0.2) is 54.0 Å². The smallest absolute Gasteiger partial charge is 0.311 e. The SMILES string of the molecule is COc1ccccc1C#CC(=O)N1CCN(c2ncccc2[N+](=O)[O-])CC1. The van der Waals surface area contributed by atoms with Gasteiger partial charge in [-0.25, -0.2) is 4.98 Å². The molecule has 138 valence electrons. The molecule has 0 radical (unpaired) electrons. The quantitative estimate of drug-likeness (QED) is 0.467. The van der Waals surface area contributed by atoms with E-state index in [9.17, 15) is 14.9 Å². The number of piperazine rings is 1. The summed E-state index contributed by atoms with van der Waals surface area (Å²) in [5.74, 6) is 6.15. The van der Waals surface area contributed by atoms with Crippen LogP contribution in [0.4, 0.5) is 11.5 Å². The lowest BCUT2D eigenvalue weighted by atomic mass is 10.2. The van der Waals surface area contributed by atoms with Crippen molar-refractivity contribution in [3.05, 3.63) is 58.3 Å². The Hall–Kier alpha value is -3.60. The normalized spacial score (nSPS) is 13.5. The molecular weight excluding hydrogens is 348 g/mol. The first kappa shape index (κ1) is 18.2. The highest BCUT2D eigenvalue weighted by molar-refractivity contribution is 5.94. The highest BCUT2D eigenvalue weighted by Gasteiger charge is 2.26. The molecule has 1 fully saturated rings. The molecule has 0 atom stereocenters. The standard InChI is InChI=1S/C19H18N4O4/c1-27-17-7-3-2-5-15(17)8-9-18(24)21-11-13-22(14-12-21)19-16(23(25)26)6-4-10-20-19/h2-7,10H,11-14H2,1H3. The van der Waals surface area contributed by atoms with Crippen molar-refractivity contribution >= 4 is 17.4 Å². The lowest BCUT2D eigenvalue weighted by Gasteiger charge is -2.34. The van der Waals surface area contributed by atoms with E-state index in [2.05, 4.69) is 16.8 Å². The molecule has 8 nitrogen and oxygen atoms in total. The van der Waals surface area contributed by atoms with Crippen LogP contribution in [0.15, 0.2) is 42.6 Å². The molecule has 1 saturated heterocycles. The Balaban J connectivity index is 1.66. The molecule has 1 aliphatic heterocycles. The van der Waals surface area contributed by atoms with Gasteiger partial charge >= 0.3 is 5.69 Å². The van der Waals surface area contributed by atoms with Crippen molar-refractivity contribution in [2.24, 2.45) is 0 Å². The van der Waals surface area contributed by atoms with Gasteiger partial charge in [-0.1, -0.05) is 18.1 Å². The summed E-state index contributed by atoms with van der Waals surface area (Å²) in [6, 6.07) is 10.2. The van der Waals surface area contributed by atoms with Gasteiger partial charge < -0.3 is 14.5 Å². The Kier molecular flexibility index (Phi) is 5.52. The number of aromatic nitrogens is 1. The van der Waals surface area contributed by atoms with E-state index in [-0.39, 0.29) is 11.6 Å². The molecule has 0 unspecified atom stereocenters. The maximum absolute atomic E-state index is 12.4. The molecule has 0 bridgehead atoms. The zero-order valence-electron chi connectivity index (χ0n) is 14.8. The van der Waals surface area contributed by atoms with Crippen LogP contribution in [0.2, 0.25) is 0 Å². The minimum Gasteiger partial charge on any atom is -0.495 e. The van der Waals surface area contributed by atoms with E-state index in [1.54, 1.807) is 24.1 Å². The summed E-state index contributed by atoms with van der Waals surface area (Å²) in [4.78, 5) is 30.6. The number of nitrogens with zero attached hydrogens (tertiary/aromatic N) is 4. The Morgan fingerprint density at radius 2 is 1.93 bits per heavy atom. The maximum Gasteiger partial charge on any atom is 0.311 e. The molecule has 1 aromatic heterocycles. The Labute approximate surface area is 156 Å². The van der Waals surface area contributed by atoms with Gasteiger partial charge in [0.25, 0.3) is 5.91 Å². The fraction of sp³-hybridized carbons (Fsp3) is 0.263. The van der Waals surface area contributed by atoms with Gasteiger partial charge in [-0.2, -0.15) is 0 Å². The number of hydrogen-bond acceptors (Lipinski definition) is 6. The van der Waals surface area contributed by atoms with E-state index in [4.69, 9.17) is 4.74 Å². The molecule has 1 aromatic carbocycles. The fourth-order valence-corrected chi connectivity index (χ4v) is 2.84. The molecular formula is C19H18N4O4. The molecule has 1 amide bonds. The van der Waals surface area contributed by atoms with Crippen LogP contribution in [0, 0.1) is 22.0 Å². The summed E-state index contributed by atoms with van der Waals surface area (Å²) >= 11 is 0. The van der Waals surface area contributed by atoms with Gasteiger partial charge in [0, 0.05) is 44.4 Å². The minimum atomic E-state index is -0.446. The zero-order chi connectivity index (χ0) is 19.2. The van der Waals surface area contributed by atoms with E-state index in [1.807, 2.05) is 17.0 Å².